The summed E-state index contributed by atoms with van der Waals surface area (Å²) >= 11 is 9.72. The molecule has 3 aliphatic rings. The zero-order valence-electron chi connectivity index (χ0n) is 9.15. The molecule has 5 atom stereocenters. The summed E-state index contributed by atoms with van der Waals surface area (Å²) in [5.74, 6) is 3.69. The van der Waals surface area contributed by atoms with Gasteiger partial charge in [0.15, 0.2) is 0 Å². The van der Waals surface area contributed by atoms with Crippen LogP contribution in [0.25, 0.3) is 0 Å². The number of rotatable bonds is 1. The van der Waals surface area contributed by atoms with Crippen LogP contribution in [0.15, 0.2) is 0 Å². The van der Waals surface area contributed by atoms with Crippen LogP contribution in [0.2, 0.25) is 0 Å². The van der Waals surface area contributed by atoms with Crippen LogP contribution in [0.1, 0.15) is 32.1 Å². The summed E-state index contributed by atoms with van der Waals surface area (Å²) < 4.78 is 5.93. The van der Waals surface area contributed by atoms with E-state index in [0.717, 1.165) is 23.7 Å². The fourth-order valence-corrected chi connectivity index (χ4v) is 4.51. The van der Waals surface area contributed by atoms with Gasteiger partial charge in [0, 0.05) is 4.38 Å². The molecule has 4 heteroatoms. The predicted octanol–water partition coefficient (Wildman–Crippen LogP) is -0.336. The molecule has 0 aliphatic heterocycles. The van der Waals surface area contributed by atoms with Gasteiger partial charge in [-0.05, 0) is 49.4 Å². The first-order valence-electron chi connectivity index (χ1n) is 5.63. The third kappa shape index (κ3) is 2.33. The molecule has 0 N–H and O–H groups in total. The molecule has 2 bridgehead atoms. The maximum absolute atomic E-state index is 5.60. The molecular formula is C11H15KOS2. The minimum atomic E-state index is 0. The van der Waals surface area contributed by atoms with E-state index in [1.54, 1.807) is 0 Å². The van der Waals surface area contributed by atoms with Crippen LogP contribution in [0.5, 0.6) is 0 Å². The molecule has 3 saturated carbocycles. The molecule has 0 aromatic carbocycles. The Morgan fingerprint density at radius 3 is 2.60 bits per heavy atom. The fraction of sp³-hybridized carbons (Fsp3) is 0.909. The van der Waals surface area contributed by atoms with Gasteiger partial charge in [0.05, 0.1) is 6.10 Å². The number of hydrogen-bond donors (Lipinski definition) is 0. The maximum atomic E-state index is 5.60. The van der Waals surface area contributed by atoms with Crippen LogP contribution in [0.4, 0.5) is 0 Å². The smallest absolute Gasteiger partial charge is 0.510 e. The average Bonchev–Trinajstić information content (AvgIpc) is 2.68. The number of thiocarbonyl (C=S) groups is 1. The van der Waals surface area contributed by atoms with E-state index in [2.05, 4.69) is 0 Å². The summed E-state index contributed by atoms with van der Waals surface area (Å²) in [6, 6.07) is 0. The summed E-state index contributed by atoms with van der Waals surface area (Å²) in [6.45, 7) is 0. The SMILES string of the molecule is S=C([S-])OC1CC2CC1C1CCCC21.[K+]. The second-order valence-electron chi connectivity index (χ2n) is 5.06. The van der Waals surface area contributed by atoms with Crippen LogP contribution in [0.3, 0.4) is 0 Å². The number of ether oxygens (including phenoxy) is 1. The van der Waals surface area contributed by atoms with E-state index in [-0.39, 0.29) is 51.4 Å². The Morgan fingerprint density at radius 1 is 1.13 bits per heavy atom. The Bertz CT molecular complexity index is 271. The Hall–Kier alpha value is 1.75. The Labute approximate surface area is 145 Å². The fourth-order valence-electron chi connectivity index (χ4n) is 4.26. The zero-order valence-corrected chi connectivity index (χ0v) is 13.9. The summed E-state index contributed by atoms with van der Waals surface area (Å²) in [5, 5.41) is 0. The van der Waals surface area contributed by atoms with Crippen molar-refractivity contribution in [3.63, 3.8) is 0 Å². The van der Waals surface area contributed by atoms with Crippen molar-refractivity contribution in [2.45, 2.75) is 38.2 Å². The van der Waals surface area contributed by atoms with Crippen LogP contribution >= 0.6 is 12.2 Å². The third-order valence-corrected chi connectivity index (χ3v) is 4.81. The number of hydrogen-bond acceptors (Lipinski definition) is 3. The van der Waals surface area contributed by atoms with Crippen molar-refractivity contribution < 1.29 is 56.1 Å². The molecule has 0 aromatic rings. The molecule has 0 aromatic heterocycles. The minimum absolute atomic E-state index is 0. The standard InChI is InChI=1S/C11H16OS2.K/c13-11(14)12-10-5-6-4-9(10)8-3-1-2-7(6)8;/h6-10H,1-5H2,(H,13,14);/q;+1/p-1. The molecule has 1 nitrogen and oxygen atoms in total. The van der Waals surface area contributed by atoms with Crippen molar-refractivity contribution >= 4 is 29.2 Å². The molecule has 3 aliphatic carbocycles. The van der Waals surface area contributed by atoms with E-state index >= 15 is 0 Å². The van der Waals surface area contributed by atoms with Gasteiger partial charge >= 0.3 is 51.4 Å². The quantitative estimate of drug-likeness (QED) is 0.365. The molecule has 0 heterocycles. The monoisotopic (exact) mass is 266 g/mol. The molecule has 78 valence electrons. The molecule has 0 amide bonds. The average molecular weight is 266 g/mol. The minimum Gasteiger partial charge on any atom is -0.510 e. The maximum Gasteiger partial charge on any atom is 1.00 e. The Kier molecular flexibility index (Phi) is 4.54. The van der Waals surface area contributed by atoms with Gasteiger partial charge < -0.3 is 29.6 Å². The second-order valence-corrected chi connectivity index (χ2v) is 6.06. The van der Waals surface area contributed by atoms with Crippen LogP contribution < -0.4 is 51.4 Å². The molecule has 15 heavy (non-hydrogen) atoms. The molecule has 0 saturated heterocycles. The first-order chi connectivity index (χ1) is 6.75. The van der Waals surface area contributed by atoms with Crippen LogP contribution in [-0.4, -0.2) is 10.5 Å². The van der Waals surface area contributed by atoms with Crippen molar-refractivity contribution in [1.29, 1.82) is 0 Å². The van der Waals surface area contributed by atoms with Crippen LogP contribution in [-0.2, 0) is 17.4 Å². The van der Waals surface area contributed by atoms with Gasteiger partial charge in [-0.25, -0.2) is 0 Å². The van der Waals surface area contributed by atoms with E-state index < -0.39 is 0 Å². The first kappa shape index (κ1) is 13.2. The van der Waals surface area contributed by atoms with Gasteiger partial charge in [-0.15, -0.1) is 0 Å². The third-order valence-electron chi connectivity index (χ3n) is 4.62. The van der Waals surface area contributed by atoms with Crippen molar-refractivity contribution in [3.8, 4) is 0 Å². The largest absolute Gasteiger partial charge is 1.00 e. The molecule has 0 radical (unpaired) electrons. The summed E-state index contributed by atoms with van der Waals surface area (Å²) in [5.41, 5.74) is 0. The normalized spacial score (nSPS) is 46.0. The van der Waals surface area contributed by atoms with Crippen molar-refractivity contribution in [2.24, 2.45) is 23.7 Å². The van der Waals surface area contributed by atoms with Crippen molar-refractivity contribution in [2.75, 3.05) is 0 Å². The Balaban J connectivity index is 0.000000853. The number of fused-ring (bicyclic) bond motifs is 5. The molecular weight excluding hydrogens is 251 g/mol. The van der Waals surface area contributed by atoms with Gasteiger partial charge in [-0.1, -0.05) is 6.42 Å². The molecule has 3 fully saturated rings. The van der Waals surface area contributed by atoms with Gasteiger partial charge in [-0.3, -0.25) is 0 Å². The topological polar surface area (TPSA) is 9.23 Å². The van der Waals surface area contributed by atoms with E-state index in [1.807, 2.05) is 0 Å². The van der Waals surface area contributed by atoms with Crippen molar-refractivity contribution in [3.05, 3.63) is 0 Å². The van der Waals surface area contributed by atoms with Gasteiger partial charge in [0.2, 0.25) is 0 Å². The molecule has 0 spiro atoms. The Morgan fingerprint density at radius 2 is 1.87 bits per heavy atom. The van der Waals surface area contributed by atoms with Gasteiger partial charge in [-0.2, -0.15) is 0 Å². The van der Waals surface area contributed by atoms with E-state index in [0.29, 0.717) is 10.5 Å². The summed E-state index contributed by atoms with van der Waals surface area (Å²) in [4.78, 5) is 0. The van der Waals surface area contributed by atoms with E-state index in [1.165, 1.54) is 32.1 Å². The van der Waals surface area contributed by atoms with Gasteiger partial charge in [0.1, 0.15) is 0 Å². The second kappa shape index (κ2) is 5.17. The molecule has 5 unspecified atom stereocenters. The molecule has 3 rings (SSSR count). The summed E-state index contributed by atoms with van der Waals surface area (Å²) in [7, 11) is 0. The van der Waals surface area contributed by atoms with Crippen LogP contribution in [0, 0.1) is 23.7 Å². The first-order valence-corrected chi connectivity index (χ1v) is 6.45. The van der Waals surface area contributed by atoms with Gasteiger partial charge in [0.25, 0.3) is 0 Å². The van der Waals surface area contributed by atoms with Crippen molar-refractivity contribution in [1.82, 2.24) is 0 Å². The summed E-state index contributed by atoms with van der Waals surface area (Å²) in [6.07, 6.45) is 7.32. The van der Waals surface area contributed by atoms with E-state index in [4.69, 9.17) is 29.6 Å². The predicted molar refractivity (Wildman–Crippen MR) is 61.9 cm³/mol. The zero-order chi connectivity index (χ0) is 9.71. The van der Waals surface area contributed by atoms with E-state index in [9.17, 15) is 0 Å².